The van der Waals surface area contributed by atoms with Gasteiger partial charge in [0.1, 0.15) is 5.82 Å². The molecule has 0 spiro atoms. The maximum atomic E-state index is 14.0. The summed E-state index contributed by atoms with van der Waals surface area (Å²) < 4.78 is 30.1. The normalized spacial score (nSPS) is 11.0. The Morgan fingerprint density at radius 3 is 2.00 bits per heavy atom. The molecule has 31 heavy (non-hydrogen) atoms. The number of rotatable bonds is 9. The van der Waals surface area contributed by atoms with Crippen LogP contribution in [0.4, 0.5) is 4.39 Å². The van der Waals surface area contributed by atoms with Gasteiger partial charge in [-0.2, -0.15) is 0 Å². The molecule has 2 aromatic carbocycles. The van der Waals surface area contributed by atoms with Crippen LogP contribution in [-0.2, 0) is 19.6 Å². The van der Waals surface area contributed by atoms with Crippen LogP contribution in [0.15, 0.2) is 35.3 Å². The van der Waals surface area contributed by atoms with E-state index in [0.29, 0.717) is 48.4 Å². The van der Waals surface area contributed by atoms with Gasteiger partial charge in [0.2, 0.25) is 5.75 Å². The monoisotopic (exact) mass is 546 g/mol. The van der Waals surface area contributed by atoms with Crippen molar-refractivity contribution in [2.24, 2.45) is 4.99 Å². The van der Waals surface area contributed by atoms with Crippen molar-refractivity contribution in [3.63, 3.8) is 0 Å². The van der Waals surface area contributed by atoms with Crippen LogP contribution < -0.4 is 24.8 Å². The molecule has 0 heterocycles. The lowest BCUT2D eigenvalue weighted by Crippen LogP contribution is -2.36. The number of guanidine groups is 1. The summed E-state index contributed by atoms with van der Waals surface area (Å²) in [5.41, 5.74) is 2.59. The molecule has 0 amide bonds. The van der Waals surface area contributed by atoms with E-state index in [-0.39, 0.29) is 29.8 Å². The van der Waals surface area contributed by atoms with E-state index in [1.54, 1.807) is 34.4 Å². The van der Waals surface area contributed by atoms with Gasteiger partial charge in [0, 0.05) is 32.2 Å². The topological polar surface area (TPSA) is 67.4 Å². The zero-order valence-electron chi connectivity index (χ0n) is 18.9. The first-order valence-corrected chi connectivity index (χ1v) is 9.57. The third kappa shape index (κ3) is 7.73. The number of nitrogens with zero attached hydrogens (tertiary/aromatic N) is 2. The molecule has 2 aromatic rings. The smallest absolute Gasteiger partial charge is 0.203 e. The van der Waals surface area contributed by atoms with Gasteiger partial charge >= 0.3 is 0 Å². The molecule has 9 heteroatoms. The first-order chi connectivity index (χ1) is 14.4. The van der Waals surface area contributed by atoms with Crippen LogP contribution in [0.5, 0.6) is 17.2 Å². The largest absolute Gasteiger partial charge is 0.493 e. The van der Waals surface area contributed by atoms with Crippen LogP contribution in [-0.4, -0.2) is 53.3 Å². The van der Waals surface area contributed by atoms with E-state index < -0.39 is 0 Å². The van der Waals surface area contributed by atoms with Gasteiger partial charge in [0.25, 0.3) is 0 Å². The highest BCUT2D eigenvalue weighted by Gasteiger charge is 2.13. The first kappa shape index (κ1) is 26.8. The quantitative estimate of drug-likeness (QED) is 0.286. The summed E-state index contributed by atoms with van der Waals surface area (Å²) in [6.45, 7) is 1.58. The summed E-state index contributed by atoms with van der Waals surface area (Å²) in [7, 11) is 10.3. The minimum atomic E-state index is -0.197. The predicted molar refractivity (Wildman–Crippen MR) is 132 cm³/mol. The van der Waals surface area contributed by atoms with Gasteiger partial charge in [-0.05, 0) is 49.5 Å². The fourth-order valence-electron chi connectivity index (χ4n) is 3.03. The summed E-state index contributed by atoms with van der Waals surface area (Å²) in [5, 5.41) is 6.51. The molecule has 2 rings (SSSR count). The number of hydrogen-bond acceptors (Lipinski definition) is 5. The van der Waals surface area contributed by atoms with Crippen molar-refractivity contribution in [2.75, 3.05) is 42.5 Å². The fourth-order valence-corrected chi connectivity index (χ4v) is 3.03. The molecule has 0 aliphatic rings. The molecule has 7 nitrogen and oxygen atoms in total. The summed E-state index contributed by atoms with van der Waals surface area (Å²) in [4.78, 5) is 6.19. The highest BCUT2D eigenvalue weighted by Crippen LogP contribution is 2.38. The van der Waals surface area contributed by atoms with Gasteiger partial charge in [0.15, 0.2) is 17.5 Å². The molecule has 0 bridgehead atoms. The number of hydrogen-bond donors (Lipinski definition) is 2. The average Bonchev–Trinajstić information content (AvgIpc) is 2.74. The summed E-state index contributed by atoms with van der Waals surface area (Å²) in [6.07, 6.45) is 0. The van der Waals surface area contributed by atoms with Crippen LogP contribution in [0.25, 0.3) is 0 Å². The second kappa shape index (κ2) is 13.2. The second-order valence-electron chi connectivity index (χ2n) is 6.98. The Labute approximate surface area is 201 Å². The molecule has 0 fully saturated rings. The highest BCUT2D eigenvalue weighted by atomic mass is 127. The van der Waals surface area contributed by atoms with Crippen molar-refractivity contribution in [2.45, 2.75) is 19.6 Å². The molecule has 0 saturated heterocycles. The molecule has 0 aliphatic carbocycles. The maximum Gasteiger partial charge on any atom is 0.203 e. The summed E-state index contributed by atoms with van der Waals surface area (Å²) in [6, 6.07) is 8.91. The Kier molecular flexibility index (Phi) is 11.4. The Morgan fingerprint density at radius 1 is 0.935 bits per heavy atom. The standard InChI is InChI=1S/C22H31FN4O3.HI/c1-24-22(25-12-15-7-8-18(23)17(9-15)14-27(2)3)26-13-16-10-19(28-4)21(30-6)20(11-16)29-5;/h7-11H,12-14H2,1-6H3,(H2,24,25,26);1H. The van der Waals surface area contributed by atoms with Gasteiger partial charge in [0.05, 0.1) is 21.3 Å². The first-order valence-electron chi connectivity index (χ1n) is 9.57. The summed E-state index contributed by atoms with van der Waals surface area (Å²) >= 11 is 0. The Morgan fingerprint density at radius 2 is 1.52 bits per heavy atom. The van der Waals surface area contributed by atoms with Crippen LogP contribution in [0.2, 0.25) is 0 Å². The molecule has 0 radical (unpaired) electrons. The van der Waals surface area contributed by atoms with Gasteiger partial charge in [-0.1, -0.05) is 6.07 Å². The van der Waals surface area contributed by atoms with E-state index in [0.717, 1.165) is 11.1 Å². The van der Waals surface area contributed by atoms with Crippen molar-refractivity contribution < 1.29 is 18.6 Å². The number of benzene rings is 2. The number of ether oxygens (including phenoxy) is 3. The number of halogens is 2. The Balaban J connectivity index is 0.00000480. The van der Waals surface area contributed by atoms with E-state index in [1.165, 1.54) is 6.07 Å². The zero-order chi connectivity index (χ0) is 22.1. The van der Waals surface area contributed by atoms with Gasteiger partial charge in [-0.15, -0.1) is 24.0 Å². The molecular formula is C22H32FIN4O3. The molecule has 0 aromatic heterocycles. The Hall–Kier alpha value is -2.27. The lowest BCUT2D eigenvalue weighted by atomic mass is 10.1. The van der Waals surface area contributed by atoms with Crippen molar-refractivity contribution in [3.05, 3.63) is 52.8 Å². The second-order valence-corrected chi connectivity index (χ2v) is 6.98. The summed E-state index contributed by atoms with van der Waals surface area (Å²) in [5.74, 6) is 2.17. The van der Waals surface area contributed by atoms with Crippen LogP contribution >= 0.6 is 24.0 Å². The van der Waals surface area contributed by atoms with Gasteiger partial charge < -0.3 is 29.7 Å². The third-order valence-corrected chi connectivity index (χ3v) is 4.46. The van der Waals surface area contributed by atoms with Crippen molar-refractivity contribution in [1.29, 1.82) is 0 Å². The average molecular weight is 546 g/mol. The molecule has 0 aliphatic heterocycles. The lowest BCUT2D eigenvalue weighted by Gasteiger charge is -2.16. The van der Waals surface area contributed by atoms with E-state index in [1.807, 2.05) is 37.2 Å². The Bertz CT molecular complexity index is 853. The van der Waals surface area contributed by atoms with Crippen LogP contribution in [0.3, 0.4) is 0 Å². The minimum absolute atomic E-state index is 0. The SMILES string of the molecule is CN=C(NCc1ccc(F)c(CN(C)C)c1)NCc1cc(OC)c(OC)c(OC)c1.I. The molecule has 0 saturated carbocycles. The third-order valence-electron chi connectivity index (χ3n) is 4.46. The van der Waals surface area contributed by atoms with Gasteiger partial charge in [-0.25, -0.2) is 4.39 Å². The van der Waals surface area contributed by atoms with Crippen LogP contribution in [0, 0.1) is 5.82 Å². The fraction of sp³-hybridized carbons (Fsp3) is 0.409. The van der Waals surface area contributed by atoms with E-state index >= 15 is 0 Å². The molecule has 0 atom stereocenters. The maximum absolute atomic E-state index is 14.0. The molecule has 2 N–H and O–H groups in total. The van der Waals surface area contributed by atoms with E-state index in [9.17, 15) is 4.39 Å². The zero-order valence-corrected chi connectivity index (χ0v) is 21.2. The molecule has 172 valence electrons. The molecular weight excluding hydrogens is 514 g/mol. The van der Waals surface area contributed by atoms with Crippen molar-refractivity contribution >= 4 is 29.9 Å². The number of nitrogens with one attached hydrogen (secondary N) is 2. The number of aliphatic imine (C=N–C) groups is 1. The minimum Gasteiger partial charge on any atom is -0.493 e. The van der Waals surface area contributed by atoms with E-state index in [2.05, 4.69) is 15.6 Å². The highest BCUT2D eigenvalue weighted by molar-refractivity contribution is 14.0. The van der Waals surface area contributed by atoms with Crippen molar-refractivity contribution in [3.8, 4) is 17.2 Å². The molecule has 0 unspecified atom stereocenters. The lowest BCUT2D eigenvalue weighted by molar-refractivity contribution is 0.323. The van der Waals surface area contributed by atoms with Gasteiger partial charge in [-0.3, -0.25) is 4.99 Å². The van der Waals surface area contributed by atoms with E-state index in [4.69, 9.17) is 14.2 Å². The number of methoxy groups -OCH3 is 3. The predicted octanol–water partition coefficient (Wildman–Crippen LogP) is 3.40. The van der Waals surface area contributed by atoms with Crippen molar-refractivity contribution in [1.82, 2.24) is 15.5 Å². The van der Waals surface area contributed by atoms with Crippen LogP contribution in [0.1, 0.15) is 16.7 Å².